The largest absolute Gasteiger partial charge is 0.493 e. The number of benzene rings is 2. The maximum atomic E-state index is 11.3. The van der Waals surface area contributed by atoms with Crippen LogP contribution in [0.5, 0.6) is 11.5 Å². The number of hydrogen-bond acceptors (Lipinski definition) is 6. The van der Waals surface area contributed by atoms with Crippen molar-refractivity contribution in [3.8, 4) is 11.5 Å². The number of fused-ring (bicyclic) bond motifs is 2. The Bertz CT molecular complexity index is 920. The lowest BCUT2D eigenvalue weighted by Gasteiger charge is -2.25. The van der Waals surface area contributed by atoms with Crippen molar-refractivity contribution in [2.75, 3.05) is 46.2 Å². The standard InChI is InChI=1S/C26H34O6/c1-4-30-24-20-9-5-7-11-22(20)25(23-12-8-6-10-21(23)24)31-17-15-28-13-14-29-16-18-32-26(27)19(2)3/h5,7,9,11H,2,4,6,8,10,12-18H2,1,3H3. The second-order valence-electron chi connectivity index (χ2n) is 7.79. The molecular formula is C26H34O6. The van der Waals surface area contributed by atoms with Gasteiger partial charge in [-0.1, -0.05) is 30.8 Å². The number of esters is 1. The molecule has 6 heteroatoms. The van der Waals surface area contributed by atoms with Crippen molar-refractivity contribution in [2.45, 2.75) is 39.5 Å². The molecule has 32 heavy (non-hydrogen) atoms. The van der Waals surface area contributed by atoms with Gasteiger partial charge in [0, 0.05) is 27.5 Å². The van der Waals surface area contributed by atoms with Crippen molar-refractivity contribution in [2.24, 2.45) is 0 Å². The minimum Gasteiger partial charge on any atom is -0.493 e. The smallest absolute Gasteiger partial charge is 0.333 e. The molecule has 1 aliphatic rings. The van der Waals surface area contributed by atoms with Crippen molar-refractivity contribution < 1.29 is 28.5 Å². The van der Waals surface area contributed by atoms with Gasteiger partial charge in [-0.05, 0) is 39.5 Å². The minimum atomic E-state index is -0.397. The van der Waals surface area contributed by atoms with E-state index in [0.29, 0.717) is 45.2 Å². The summed E-state index contributed by atoms with van der Waals surface area (Å²) >= 11 is 0. The highest BCUT2D eigenvalue weighted by Crippen LogP contribution is 2.44. The van der Waals surface area contributed by atoms with Crippen LogP contribution >= 0.6 is 0 Å². The van der Waals surface area contributed by atoms with Gasteiger partial charge in [0.2, 0.25) is 0 Å². The number of ether oxygens (including phenoxy) is 5. The van der Waals surface area contributed by atoms with Crippen molar-refractivity contribution in [1.29, 1.82) is 0 Å². The van der Waals surface area contributed by atoms with Gasteiger partial charge in [-0.25, -0.2) is 4.79 Å². The first-order valence-corrected chi connectivity index (χ1v) is 11.4. The van der Waals surface area contributed by atoms with Crippen molar-refractivity contribution in [3.63, 3.8) is 0 Å². The molecule has 0 saturated carbocycles. The van der Waals surface area contributed by atoms with E-state index in [1.165, 1.54) is 24.0 Å². The number of rotatable bonds is 13. The quantitative estimate of drug-likeness (QED) is 0.256. The Balaban J connectivity index is 1.49. The van der Waals surface area contributed by atoms with E-state index in [4.69, 9.17) is 23.7 Å². The fraction of sp³-hybridized carbons (Fsp3) is 0.500. The van der Waals surface area contributed by atoms with Crippen molar-refractivity contribution >= 4 is 16.7 Å². The van der Waals surface area contributed by atoms with Gasteiger partial charge in [-0.15, -0.1) is 0 Å². The summed E-state index contributed by atoms with van der Waals surface area (Å²) in [6, 6.07) is 8.31. The highest BCUT2D eigenvalue weighted by atomic mass is 16.6. The van der Waals surface area contributed by atoms with Gasteiger partial charge in [0.15, 0.2) is 0 Å². The van der Waals surface area contributed by atoms with Crippen LogP contribution in [0.3, 0.4) is 0 Å². The molecule has 0 atom stereocenters. The zero-order valence-electron chi connectivity index (χ0n) is 19.2. The van der Waals surface area contributed by atoms with E-state index in [2.05, 4.69) is 18.7 Å². The Morgan fingerprint density at radius 1 is 0.844 bits per heavy atom. The molecule has 174 valence electrons. The van der Waals surface area contributed by atoms with Crippen LogP contribution in [0, 0.1) is 0 Å². The normalized spacial score (nSPS) is 12.9. The average Bonchev–Trinajstić information content (AvgIpc) is 2.81. The van der Waals surface area contributed by atoms with Gasteiger partial charge in [0.25, 0.3) is 0 Å². The molecule has 2 aromatic rings. The Labute approximate surface area is 190 Å². The summed E-state index contributed by atoms with van der Waals surface area (Å²) in [5, 5.41) is 2.22. The third-order valence-corrected chi connectivity index (χ3v) is 5.38. The zero-order valence-corrected chi connectivity index (χ0v) is 19.2. The first-order valence-electron chi connectivity index (χ1n) is 11.4. The molecule has 0 spiro atoms. The fourth-order valence-electron chi connectivity index (χ4n) is 3.93. The molecule has 0 fully saturated rings. The summed E-state index contributed by atoms with van der Waals surface area (Å²) in [7, 11) is 0. The molecule has 1 aliphatic carbocycles. The Morgan fingerprint density at radius 3 is 1.94 bits per heavy atom. The molecule has 0 radical (unpaired) electrons. The van der Waals surface area contributed by atoms with Crippen LogP contribution in [0.2, 0.25) is 0 Å². The lowest BCUT2D eigenvalue weighted by atomic mass is 9.87. The van der Waals surface area contributed by atoms with E-state index in [0.717, 1.165) is 35.1 Å². The summed E-state index contributed by atoms with van der Waals surface area (Å²) in [6.07, 6.45) is 4.39. The molecule has 2 aromatic carbocycles. The molecule has 6 nitrogen and oxygen atoms in total. The van der Waals surface area contributed by atoms with E-state index < -0.39 is 5.97 Å². The number of hydrogen-bond donors (Lipinski definition) is 0. The van der Waals surface area contributed by atoms with Crippen LogP contribution < -0.4 is 9.47 Å². The van der Waals surface area contributed by atoms with Crippen LogP contribution in [-0.2, 0) is 31.8 Å². The van der Waals surface area contributed by atoms with Gasteiger partial charge in [0.05, 0.1) is 33.0 Å². The highest BCUT2D eigenvalue weighted by molar-refractivity contribution is 5.96. The minimum absolute atomic E-state index is 0.213. The fourth-order valence-corrected chi connectivity index (χ4v) is 3.93. The summed E-state index contributed by atoms with van der Waals surface area (Å²) in [4.78, 5) is 11.3. The van der Waals surface area contributed by atoms with Gasteiger partial charge < -0.3 is 23.7 Å². The monoisotopic (exact) mass is 442 g/mol. The Hall–Kier alpha value is -2.57. The SMILES string of the molecule is C=C(C)C(=O)OCCOCCOCCOc1c2c(c(OCC)c3ccccc13)CCCC2. The van der Waals surface area contributed by atoms with E-state index in [1.807, 2.05) is 19.1 Å². The summed E-state index contributed by atoms with van der Waals surface area (Å²) in [6.45, 7) is 10.2. The predicted molar refractivity (Wildman–Crippen MR) is 125 cm³/mol. The second kappa shape index (κ2) is 12.5. The van der Waals surface area contributed by atoms with Gasteiger partial charge in [-0.2, -0.15) is 0 Å². The first kappa shape index (κ1) is 24.1. The third kappa shape index (κ3) is 6.24. The zero-order chi connectivity index (χ0) is 22.8. The van der Waals surface area contributed by atoms with E-state index in [1.54, 1.807) is 6.92 Å². The van der Waals surface area contributed by atoms with E-state index >= 15 is 0 Å². The average molecular weight is 443 g/mol. The molecule has 0 aliphatic heterocycles. The maximum absolute atomic E-state index is 11.3. The molecule has 0 amide bonds. The summed E-state index contributed by atoms with van der Waals surface area (Å²) < 4.78 is 28.3. The van der Waals surface area contributed by atoms with E-state index in [9.17, 15) is 4.79 Å². The Kier molecular flexibility index (Phi) is 9.38. The highest BCUT2D eigenvalue weighted by Gasteiger charge is 2.23. The molecule has 0 heterocycles. The molecule has 0 N–H and O–H groups in total. The summed E-state index contributed by atoms with van der Waals surface area (Å²) in [5.41, 5.74) is 2.97. The third-order valence-electron chi connectivity index (χ3n) is 5.38. The molecule has 0 unspecified atom stereocenters. The van der Waals surface area contributed by atoms with Gasteiger partial charge in [0.1, 0.15) is 24.7 Å². The molecule has 3 rings (SSSR count). The molecule has 0 bridgehead atoms. The number of carbonyl (C=O) groups excluding carboxylic acids is 1. The maximum Gasteiger partial charge on any atom is 0.333 e. The van der Waals surface area contributed by atoms with Crippen LogP contribution in [0.25, 0.3) is 10.8 Å². The van der Waals surface area contributed by atoms with Crippen molar-refractivity contribution in [1.82, 2.24) is 0 Å². The predicted octanol–water partition coefficient (Wildman–Crippen LogP) is 4.65. The van der Waals surface area contributed by atoms with Crippen LogP contribution in [-0.4, -0.2) is 52.2 Å². The lowest BCUT2D eigenvalue weighted by Crippen LogP contribution is -2.15. The van der Waals surface area contributed by atoms with Crippen molar-refractivity contribution in [3.05, 3.63) is 47.5 Å². The van der Waals surface area contributed by atoms with Crippen LogP contribution in [0.4, 0.5) is 0 Å². The topological polar surface area (TPSA) is 63.2 Å². The lowest BCUT2D eigenvalue weighted by molar-refractivity contribution is -0.140. The molecule has 0 aromatic heterocycles. The van der Waals surface area contributed by atoms with Crippen LogP contribution in [0.15, 0.2) is 36.4 Å². The van der Waals surface area contributed by atoms with Gasteiger partial charge in [-0.3, -0.25) is 0 Å². The molecular weight excluding hydrogens is 408 g/mol. The van der Waals surface area contributed by atoms with Crippen LogP contribution in [0.1, 0.15) is 37.8 Å². The van der Waals surface area contributed by atoms with Gasteiger partial charge >= 0.3 is 5.97 Å². The van der Waals surface area contributed by atoms with E-state index in [-0.39, 0.29) is 6.61 Å². The Morgan fingerprint density at radius 2 is 1.38 bits per heavy atom. The second-order valence-corrected chi connectivity index (χ2v) is 7.79. The summed E-state index contributed by atoms with van der Waals surface area (Å²) in [5.74, 6) is 1.59. The molecule has 0 saturated heterocycles. The number of carbonyl (C=O) groups is 1. The first-order chi connectivity index (χ1) is 15.6.